The summed E-state index contributed by atoms with van der Waals surface area (Å²) in [4.78, 5) is 0. The van der Waals surface area contributed by atoms with E-state index in [4.69, 9.17) is 5.73 Å². The van der Waals surface area contributed by atoms with Crippen LogP contribution in [0.5, 0.6) is 0 Å². The minimum Gasteiger partial charge on any atom is -0.320 e. The summed E-state index contributed by atoms with van der Waals surface area (Å²) in [7, 11) is 0. The highest BCUT2D eigenvalue weighted by atomic mass is 19.2. The number of hydrogen-bond acceptors (Lipinski definition) is 1. The second-order valence-corrected chi connectivity index (χ2v) is 3.31. The van der Waals surface area contributed by atoms with Crippen molar-refractivity contribution >= 4 is 0 Å². The first-order valence-electron chi connectivity index (χ1n) is 4.21. The molecule has 16 heavy (non-hydrogen) atoms. The van der Waals surface area contributed by atoms with Gasteiger partial charge in [0.2, 0.25) is 5.82 Å². The standard InChI is InChI=1S/C10H8F5N/c1-3(2)10(16)4-5(11)7(13)9(15)8(14)6(4)12/h10H,1,16H2,2H3. The molecule has 1 aromatic rings. The molecule has 6 heteroatoms. The van der Waals surface area contributed by atoms with E-state index in [1.54, 1.807) is 0 Å². The maximum Gasteiger partial charge on any atom is 0.200 e. The van der Waals surface area contributed by atoms with Crippen LogP contribution in [0.15, 0.2) is 12.2 Å². The Balaban J connectivity index is 3.57. The summed E-state index contributed by atoms with van der Waals surface area (Å²) in [5, 5.41) is 0. The van der Waals surface area contributed by atoms with Crippen molar-refractivity contribution in [2.45, 2.75) is 13.0 Å². The Labute approximate surface area is 88.4 Å². The summed E-state index contributed by atoms with van der Waals surface area (Å²) in [5.41, 5.74) is 4.31. The maximum atomic E-state index is 13.2. The first kappa shape index (κ1) is 12.6. The molecule has 0 aromatic heterocycles. The molecule has 1 nitrogen and oxygen atoms in total. The van der Waals surface area contributed by atoms with E-state index in [-0.39, 0.29) is 5.57 Å². The van der Waals surface area contributed by atoms with Crippen LogP contribution in [0.4, 0.5) is 22.0 Å². The van der Waals surface area contributed by atoms with Gasteiger partial charge in [-0.15, -0.1) is 0 Å². The SMILES string of the molecule is C=C(C)C(N)c1c(F)c(F)c(F)c(F)c1F. The fraction of sp³-hybridized carbons (Fsp3) is 0.200. The largest absolute Gasteiger partial charge is 0.320 e. The van der Waals surface area contributed by atoms with Gasteiger partial charge in [-0.1, -0.05) is 12.2 Å². The molecule has 0 amide bonds. The summed E-state index contributed by atoms with van der Waals surface area (Å²) in [6.45, 7) is 4.62. The zero-order valence-corrected chi connectivity index (χ0v) is 8.25. The lowest BCUT2D eigenvalue weighted by Gasteiger charge is -2.14. The normalized spacial score (nSPS) is 12.7. The van der Waals surface area contributed by atoms with Gasteiger partial charge in [0, 0.05) is 0 Å². The Morgan fingerprint density at radius 1 is 0.938 bits per heavy atom. The lowest BCUT2D eigenvalue weighted by molar-refractivity contribution is 0.367. The van der Waals surface area contributed by atoms with Gasteiger partial charge in [-0.3, -0.25) is 0 Å². The van der Waals surface area contributed by atoms with Crippen LogP contribution in [0.1, 0.15) is 18.5 Å². The molecule has 0 bridgehead atoms. The van der Waals surface area contributed by atoms with E-state index in [1.165, 1.54) is 6.92 Å². The third kappa shape index (κ3) is 1.80. The van der Waals surface area contributed by atoms with Gasteiger partial charge in [0.25, 0.3) is 0 Å². The van der Waals surface area contributed by atoms with E-state index in [0.717, 1.165) is 0 Å². The smallest absolute Gasteiger partial charge is 0.200 e. The van der Waals surface area contributed by atoms with Crippen molar-refractivity contribution in [1.82, 2.24) is 0 Å². The number of rotatable bonds is 2. The van der Waals surface area contributed by atoms with Crippen molar-refractivity contribution < 1.29 is 22.0 Å². The molecule has 0 spiro atoms. The molecule has 0 saturated heterocycles. The number of nitrogens with two attached hydrogens (primary N) is 1. The molecular weight excluding hydrogens is 229 g/mol. The third-order valence-corrected chi connectivity index (χ3v) is 2.09. The molecule has 2 N–H and O–H groups in total. The van der Waals surface area contributed by atoms with E-state index >= 15 is 0 Å². The third-order valence-electron chi connectivity index (χ3n) is 2.09. The van der Waals surface area contributed by atoms with E-state index in [9.17, 15) is 22.0 Å². The summed E-state index contributed by atoms with van der Waals surface area (Å²) < 4.78 is 64.6. The monoisotopic (exact) mass is 237 g/mol. The first-order valence-corrected chi connectivity index (χ1v) is 4.21. The maximum absolute atomic E-state index is 13.2. The van der Waals surface area contributed by atoms with Crippen LogP contribution in [0.25, 0.3) is 0 Å². The van der Waals surface area contributed by atoms with E-state index in [0.29, 0.717) is 0 Å². The molecule has 0 heterocycles. The second kappa shape index (κ2) is 4.21. The predicted octanol–water partition coefficient (Wildman–Crippen LogP) is 2.96. The Morgan fingerprint density at radius 3 is 1.56 bits per heavy atom. The quantitative estimate of drug-likeness (QED) is 0.364. The van der Waals surface area contributed by atoms with Gasteiger partial charge >= 0.3 is 0 Å². The Bertz CT molecular complexity index is 426. The van der Waals surface area contributed by atoms with Crippen molar-refractivity contribution in [3.8, 4) is 0 Å². The second-order valence-electron chi connectivity index (χ2n) is 3.31. The van der Waals surface area contributed by atoms with Crippen LogP contribution in [-0.2, 0) is 0 Å². The van der Waals surface area contributed by atoms with Gasteiger partial charge in [-0.05, 0) is 6.92 Å². The van der Waals surface area contributed by atoms with E-state index < -0.39 is 40.7 Å². The summed E-state index contributed by atoms with van der Waals surface area (Å²) >= 11 is 0. The molecule has 0 radical (unpaired) electrons. The molecule has 0 aliphatic carbocycles. The first-order chi connectivity index (χ1) is 7.29. The Kier molecular flexibility index (Phi) is 3.32. The van der Waals surface area contributed by atoms with Crippen LogP contribution in [-0.4, -0.2) is 0 Å². The molecular formula is C10H8F5N. The highest BCUT2D eigenvalue weighted by molar-refractivity contribution is 5.31. The minimum absolute atomic E-state index is 0.0863. The van der Waals surface area contributed by atoms with Crippen molar-refractivity contribution in [2.75, 3.05) is 0 Å². The average Bonchev–Trinajstić information content (AvgIpc) is 2.23. The number of benzene rings is 1. The van der Waals surface area contributed by atoms with Crippen LogP contribution in [0.3, 0.4) is 0 Å². The molecule has 0 aliphatic heterocycles. The van der Waals surface area contributed by atoms with Gasteiger partial charge in [0.15, 0.2) is 23.3 Å². The summed E-state index contributed by atoms with van der Waals surface area (Å²) in [6, 6.07) is -1.44. The van der Waals surface area contributed by atoms with Crippen LogP contribution < -0.4 is 5.73 Å². The van der Waals surface area contributed by atoms with Gasteiger partial charge in [-0.2, -0.15) is 0 Å². The zero-order valence-electron chi connectivity index (χ0n) is 8.25. The highest BCUT2D eigenvalue weighted by Gasteiger charge is 2.28. The van der Waals surface area contributed by atoms with Crippen LogP contribution >= 0.6 is 0 Å². The van der Waals surface area contributed by atoms with Gasteiger partial charge in [0.1, 0.15) is 0 Å². The molecule has 0 fully saturated rings. The summed E-state index contributed by atoms with van der Waals surface area (Å²) in [6.07, 6.45) is 0. The fourth-order valence-electron chi connectivity index (χ4n) is 1.14. The molecule has 1 atom stereocenters. The predicted molar refractivity (Wildman–Crippen MR) is 48.0 cm³/mol. The van der Waals surface area contributed by atoms with Gasteiger partial charge in [0.05, 0.1) is 11.6 Å². The number of hydrogen-bond donors (Lipinski definition) is 1. The molecule has 1 unspecified atom stereocenters. The minimum atomic E-state index is -2.20. The van der Waals surface area contributed by atoms with E-state index in [1.807, 2.05) is 0 Å². The van der Waals surface area contributed by atoms with Crippen molar-refractivity contribution in [2.24, 2.45) is 5.73 Å². The molecule has 88 valence electrons. The van der Waals surface area contributed by atoms with Gasteiger partial charge < -0.3 is 5.73 Å². The van der Waals surface area contributed by atoms with Crippen molar-refractivity contribution in [3.63, 3.8) is 0 Å². The van der Waals surface area contributed by atoms with Crippen molar-refractivity contribution in [3.05, 3.63) is 46.8 Å². The molecule has 1 aromatic carbocycles. The molecule has 1 rings (SSSR count). The lowest BCUT2D eigenvalue weighted by Crippen LogP contribution is -2.18. The van der Waals surface area contributed by atoms with Crippen molar-refractivity contribution in [1.29, 1.82) is 0 Å². The fourth-order valence-corrected chi connectivity index (χ4v) is 1.14. The van der Waals surface area contributed by atoms with Crippen LogP contribution in [0.2, 0.25) is 0 Å². The molecule has 0 aliphatic rings. The van der Waals surface area contributed by atoms with Gasteiger partial charge in [-0.25, -0.2) is 22.0 Å². The Morgan fingerprint density at radius 2 is 1.25 bits per heavy atom. The number of halogens is 5. The van der Waals surface area contributed by atoms with E-state index in [2.05, 4.69) is 6.58 Å². The zero-order chi connectivity index (χ0) is 12.6. The topological polar surface area (TPSA) is 26.0 Å². The highest BCUT2D eigenvalue weighted by Crippen LogP contribution is 2.29. The molecule has 0 saturated carbocycles. The Hall–Kier alpha value is -1.43. The van der Waals surface area contributed by atoms with Crippen LogP contribution in [0, 0.1) is 29.1 Å². The average molecular weight is 237 g/mol. The lowest BCUT2D eigenvalue weighted by atomic mass is 10.00. The summed E-state index contributed by atoms with van der Waals surface area (Å²) in [5.74, 6) is -10.1.